The lowest BCUT2D eigenvalue weighted by molar-refractivity contribution is -0.139. The summed E-state index contributed by atoms with van der Waals surface area (Å²) in [5.74, 6) is -1.29. The molecule has 0 radical (unpaired) electrons. The fourth-order valence-corrected chi connectivity index (χ4v) is 3.65. The number of sulfonamides is 1. The number of hydrogen-bond donors (Lipinski definition) is 2. The molecule has 0 saturated heterocycles. The molecule has 1 aromatic carbocycles. The second-order valence-electron chi connectivity index (χ2n) is 5.23. The number of aliphatic carboxylic acids is 1. The maximum absolute atomic E-state index is 12.3. The average molecular weight is 326 g/mol. The Hall–Kier alpha value is -1.93. The van der Waals surface area contributed by atoms with Crippen LogP contribution in [0.15, 0.2) is 23.1 Å². The van der Waals surface area contributed by atoms with Crippen LogP contribution in [0.3, 0.4) is 0 Å². The number of carbonyl (C=O) groups is 2. The summed E-state index contributed by atoms with van der Waals surface area (Å²) < 4.78 is 26.7. The molecule has 120 valence electrons. The molecule has 22 heavy (non-hydrogen) atoms. The Bertz CT molecular complexity index is 714. The van der Waals surface area contributed by atoms with E-state index in [1.165, 1.54) is 19.1 Å². The first-order valence-electron chi connectivity index (χ1n) is 6.87. The standard InChI is InChI=1S/C14H18N2O5S/c1-3-13(14(18)19)15-22(20,21)12-5-4-10-7-16(9(2)17)8-11(10)6-12/h4-6,13,15H,3,7-8H2,1-2H3,(H,18,19)/t13-/m1/s1. The van der Waals surface area contributed by atoms with Gasteiger partial charge in [-0.1, -0.05) is 13.0 Å². The quantitative estimate of drug-likeness (QED) is 0.828. The van der Waals surface area contributed by atoms with Gasteiger partial charge in [0.05, 0.1) is 4.90 Å². The first kappa shape index (κ1) is 16.4. The molecule has 0 bridgehead atoms. The predicted molar refractivity (Wildman–Crippen MR) is 78.4 cm³/mol. The van der Waals surface area contributed by atoms with E-state index < -0.39 is 22.0 Å². The summed E-state index contributed by atoms with van der Waals surface area (Å²) in [5.41, 5.74) is 1.67. The Labute approximate surface area is 129 Å². The molecule has 7 nitrogen and oxygen atoms in total. The zero-order valence-electron chi connectivity index (χ0n) is 12.4. The van der Waals surface area contributed by atoms with Crippen LogP contribution < -0.4 is 4.72 Å². The van der Waals surface area contributed by atoms with Crippen LogP contribution in [0, 0.1) is 0 Å². The highest BCUT2D eigenvalue weighted by molar-refractivity contribution is 7.89. The van der Waals surface area contributed by atoms with E-state index in [0.29, 0.717) is 13.1 Å². The van der Waals surface area contributed by atoms with Crippen LogP contribution in [-0.2, 0) is 32.7 Å². The molecule has 1 aliphatic heterocycles. The van der Waals surface area contributed by atoms with Crippen molar-refractivity contribution in [2.45, 2.75) is 44.3 Å². The molecule has 1 atom stereocenters. The number of carboxylic acid groups (broad SMARTS) is 1. The van der Waals surface area contributed by atoms with Crippen molar-refractivity contribution in [3.8, 4) is 0 Å². The number of carboxylic acids is 1. The number of fused-ring (bicyclic) bond motifs is 1. The van der Waals surface area contributed by atoms with Gasteiger partial charge in [-0.2, -0.15) is 4.72 Å². The van der Waals surface area contributed by atoms with Crippen molar-refractivity contribution in [1.29, 1.82) is 0 Å². The topological polar surface area (TPSA) is 104 Å². The summed E-state index contributed by atoms with van der Waals surface area (Å²) in [7, 11) is -3.91. The first-order valence-corrected chi connectivity index (χ1v) is 8.35. The Kier molecular flexibility index (Phi) is 4.52. The molecule has 0 spiro atoms. The lowest BCUT2D eigenvalue weighted by Gasteiger charge is -2.13. The van der Waals surface area contributed by atoms with Gasteiger partial charge in [-0.25, -0.2) is 8.42 Å². The van der Waals surface area contributed by atoms with Gasteiger partial charge in [-0.15, -0.1) is 0 Å². The summed E-state index contributed by atoms with van der Waals surface area (Å²) in [4.78, 5) is 24.0. The SMILES string of the molecule is CC[C@@H](NS(=O)(=O)c1ccc2c(c1)CN(C(C)=O)C2)C(=O)O. The molecule has 0 unspecified atom stereocenters. The van der Waals surface area contributed by atoms with E-state index >= 15 is 0 Å². The third-order valence-electron chi connectivity index (χ3n) is 3.66. The molecule has 1 heterocycles. The third kappa shape index (κ3) is 3.28. The van der Waals surface area contributed by atoms with Crippen LogP contribution in [0.25, 0.3) is 0 Å². The Morgan fingerprint density at radius 3 is 2.50 bits per heavy atom. The van der Waals surface area contributed by atoms with Gasteiger partial charge < -0.3 is 10.0 Å². The summed E-state index contributed by atoms with van der Waals surface area (Å²) in [6, 6.07) is 3.43. The molecule has 1 aliphatic rings. The molecule has 0 aliphatic carbocycles. The van der Waals surface area contributed by atoms with Crippen molar-refractivity contribution in [2.75, 3.05) is 0 Å². The lowest BCUT2D eigenvalue weighted by atomic mass is 10.1. The van der Waals surface area contributed by atoms with Crippen molar-refractivity contribution in [2.24, 2.45) is 0 Å². The summed E-state index contributed by atoms with van der Waals surface area (Å²) in [6.45, 7) is 3.88. The Balaban J connectivity index is 2.26. The number of nitrogens with one attached hydrogen (secondary N) is 1. The third-order valence-corrected chi connectivity index (χ3v) is 5.13. The van der Waals surface area contributed by atoms with Gasteiger partial charge in [-0.3, -0.25) is 9.59 Å². The predicted octanol–water partition coefficient (Wildman–Crippen LogP) is 0.690. The fraction of sp³-hybridized carbons (Fsp3) is 0.429. The molecule has 2 rings (SSSR count). The van der Waals surface area contributed by atoms with Crippen molar-refractivity contribution in [1.82, 2.24) is 9.62 Å². The van der Waals surface area contributed by atoms with Crippen LogP contribution >= 0.6 is 0 Å². The number of benzene rings is 1. The van der Waals surface area contributed by atoms with E-state index in [9.17, 15) is 18.0 Å². The second-order valence-corrected chi connectivity index (χ2v) is 6.94. The van der Waals surface area contributed by atoms with Crippen molar-refractivity contribution in [3.05, 3.63) is 29.3 Å². The molecule has 0 fully saturated rings. The normalized spacial score (nSPS) is 15.5. The van der Waals surface area contributed by atoms with E-state index in [1.807, 2.05) is 0 Å². The zero-order valence-corrected chi connectivity index (χ0v) is 13.2. The van der Waals surface area contributed by atoms with Crippen molar-refractivity contribution >= 4 is 21.9 Å². The summed E-state index contributed by atoms with van der Waals surface area (Å²) in [6.07, 6.45) is 0.150. The van der Waals surface area contributed by atoms with Gasteiger partial charge in [0, 0.05) is 20.0 Å². The Morgan fingerprint density at radius 1 is 1.32 bits per heavy atom. The monoisotopic (exact) mass is 326 g/mol. The minimum absolute atomic E-state index is 0.0105. The van der Waals surface area contributed by atoms with E-state index in [-0.39, 0.29) is 17.2 Å². The highest BCUT2D eigenvalue weighted by Gasteiger charge is 2.26. The number of rotatable bonds is 5. The van der Waals surface area contributed by atoms with Crippen LogP contribution in [-0.4, -0.2) is 36.3 Å². The maximum atomic E-state index is 12.3. The molecule has 8 heteroatoms. The van der Waals surface area contributed by atoms with Gasteiger partial charge in [0.15, 0.2) is 0 Å². The minimum atomic E-state index is -3.91. The number of amides is 1. The minimum Gasteiger partial charge on any atom is -0.480 e. The van der Waals surface area contributed by atoms with Gasteiger partial charge in [0.25, 0.3) is 0 Å². The maximum Gasteiger partial charge on any atom is 0.321 e. The second kappa shape index (κ2) is 6.05. The molecule has 2 N–H and O–H groups in total. The van der Waals surface area contributed by atoms with Crippen LogP contribution in [0.2, 0.25) is 0 Å². The number of carbonyl (C=O) groups excluding carboxylic acids is 1. The number of hydrogen-bond acceptors (Lipinski definition) is 4. The van der Waals surface area contributed by atoms with Crippen molar-refractivity contribution in [3.63, 3.8) is 0 Å². The smallest absolute Gasteiger partial charge is 0.321 e. The van der Waals surface area contributed by atoms with E-state index in [4.69, 9.17) is 5.11 Å². The van der Waals surface area contributed by atoms with Crippen LogP contribution in [0.4, 0.5) is 0 Å². The van der Waals surface area contributed by atoms with E-state index in [2.05, 4.69) is 4.72 Å². The van der Waals surface area contributed by atoms with Crippen LogP contribution in [0.5, 0.6) is 0 Å². The van der Waals surface area contributed by atoms with Gasteiger partial charge >= 0.3 is 5.97 Å². The molecule has 1 amide bonds. The first-order chi connectivity index (χ1) is 10.2. The highest BCUT2D eigenvalue weighted by atomic mass is 32.2. The number of nitrogens with zero attached hydrogens (tertiary/aromatic N) is 1. The van der Waals surface area contributed by atoms with Crippen molar-refractivity contribution < 1.29 is 23.1 Å². The van der Waals surface area contributed by atoms with Gasteiger partial charge in [-0.05, 0) is 29.7 Å². The average Bonchev–Trinajstić information content (AvgIpc) is 2.87. The fourth-order valence-electron chi connectivity index (χ4n) is 2.32. The largest absolute Gasteiger partial charge is 0.480 e. The highest BCUT2D eigenvalue weighted by Crippen LogP contribution is 2.25. The summed E-state index contributed by atoms with van der Waals surface area (Å²) >= 11 is 0. The molecule has 0 saturated carbocycles. The van der Waals surface area contributed by atoms with E-state index in [0.717, 1.165) is 11.1 Å². The molecule has 0 aromatic heterocycles. The molecular formula is C14H18N2O5S. The van der Waals surface area contributed by atoms with E-state index in [1.54, 1.807) is 17.9 Å². The van der Waals surface area contributed by atoms with Gasteiger partial charge in [0.2, 0.25) is 15.9 Å². The lowest BCUT2D eigenvalue weighted by Crippen LogP contribution is -2.40. The molecular weight excluding hydrogens is 308 g/mol. The molecule has 1 aromatic rings. The zero-order chi connectivity index (χ0) is 16.5. The van der Waals surface area contributed by atoms with Crippen LogP contribution in [0.1, 0.15) is 31.4 Å². The Morgan fingerprint density at radius 2 is 1.95 bits per heavy atom. The summed E-state index contributed by atoms with van der Waals surface area (Å²) in [5, 5.41) is 8.96. The van der Waals surface area contributed by atoms with Gasteiger partial charge in [0.1, 0.15) is 6.04 Å².